The first-order valence-electron chi connectivity index (χ1n) is 10.1. The van der Waals surface area contributed by atoms with Crippen LogP contribution in [0.3, 0.4) is 0 Å². The van der Waals surface area contributed by atoms with Crippen molar-refractivity contribution >= 4 is 21.3 Å². The second-order valence-electron chi connectivity index (χ2n) is 8.07. The van der Waals surface area contributed by atoms with Gasteiger partial charge >= 0.3 is 6.18 Å². The number of anilines is 1. The Morgan fingerprint density at radius 1 is 1.17 bits per heavy atom. The first-order chi connectivity index (χ1) is 16.3. The van der Waals surface area contributed by atoms with Crippen molar-refractivity contribution in [2.75, 3.05) is 11.6 Å². The normalized spacial score (nSPS) is 16.3. The summed E-state index contributed by atoms with van der Waals surface area (Å²) in [5, 5.41) is 26.8. The molecule has 0 aliphatic heterocycles. The number of benzene rings is 1. The molecule has 2 heterocycles. The number of alkyl halides is 3. The van der Waals surface area contributed by atoms with Gasteiger partial charge in [0.1, 0.15) is 11.2 Å². The lowest BCUT2D eigenvalue weighted by Crippen LogP contribution is -2.21. The average molecular weight is 508 g/mol. The van der Waals surface area contributed by atoms with Crippen molar-refractivity contribution in [1.29, 1.82) is 4.78 Å². The van der Waals surface area contributed by atoms with Gasteiger partial charge in [0.2, 0.25) is 5.88 Å². The maximum atomic E-state index is 13.4. The molecule has 0 bridgehead atoms. The lowest BCUT2D eigenvalue weighted by molar-refractivity contribution is -0.142. The van der Waals surface area contributed by atoms with E-state index in [4.69, 9.17) is 9.52 Å². The van der Waals surface area contributed by atoms with E-state index in [0.717, 1.165) is 6.92 Å². The van der Waals surface area contributed by atoms with E-state index >= 15 is 0 Å². The van der Waals surface area contributed by atoms with Gasteiger partial charge in [0.05, 0.1) is 15.4 Å². The minimum atomic E-state index is -4.88. The average Bonchev–Trinajstić information content (AvgIpc) is 3.51. The van der Waals surface area contributed by atoms with E-state index in [1.54, 1.807) is 0 Å². The van der Waals surface area contributed by atoms with Crippen LogP contribution < -0.4 is 10.1 Å². The Morgan fingerprint density at radius 3 is 2.46 bits per heavy atom. The Labute approximate surface area is 197 Å². The Hall–Kier alpha value is -3.65. The highest BCUT2D eigenvalue weighted by Gasteiger charge is 2.44. The molecular formula is C21H19F3N6O4S. The minimum absolute atomic E-state index is 0.104. The van der Waals surface area contributed by atoms with Gasteiger partial charge in [-0.2, -0.15) is 13.2 Å². The van der Waals surface area contributed by atoms with Gasteiger partial charge < -0.3 is 15.2 Å². The standard InChI is InChI=1S/C21H19F3N6O4S/c1-11-16(18(31)26-12-4-3-5-13(10-12)35(2,25)33)19(30-29-17(11)21(22,23)24)34-15-7-6-14(27-28-15)20(32)8-9-20/h3-7,10,25,32H,8-9H2,1-2H3,(H,26,31). The van der Waals surface area contributed by atoms with Crippen molar-refractivity contribution in [2.45, 2.75) is 36.4 Å². The molecular weight excluding hydrogens is 489 g/mol. The van der Waals surface area contributed by atoms with Crippen molar-refractivity contribution in [3.05, 3.63) is 58.9 Å². The molecule has 0 saturated heterocycles. The molecule has 2 aromatic heterocycles. The lowest BCUT2D eigenvalue weighted by atomic mass is 10.1. The van der Waals surface area contributed by atoms with Gasteiger partial charge in [-0.25, -0.2) is 8.99 Å². The van der Waals surface area contributed by atoms with E-state index < -0.39 is 50.1 Å². The second-order valence-corrected chi connectivity index (χ2v) is 10.2. The molecule has 4 rings (SSSR count). The van der Waals surface area contributed by atoms with Gasteiger partial charge in [-0.15, -0.1) is 20.4 Å². The number of carbonyl (C=O) groups is 1. The molecule has 3 N–H and O–H groups in total. The Morgan fingerprint density at radius 2 is 1.89 bits per heavy atom. The van der Waals surface area contributed by atoms with E-state index in [1.807, 2.05) is 0 Å². The number of aliphatic hydroxyl groups is 1. The number of rotatable bonds is 6. The fourth-order valence-corrected chi connectivity index (χ4v) is 3.90. The number of nitrogens with one attached hydrogen (secondary N) is 2. The molecule has 3 aromatic rings. The summed E-state index contributed by atoms with van der Waals surface area (Å²) in [5.74, 6) is -1.72. The largest absolute Gasteiger partial charge is 0.435 e. The van der Waals surface area contributed by atoms with Gasteiger partial charge in [0.15, 0.2) is 5.69 Å². The minimum Gasteiger partial charge on any atom is -0.417 e. The van der Waals surface area contributed by atoms with Crippen LogP contribution in [0.4, 0.5) is 18.9 Å². The van der Waals surface area contributed by atoms with Crippen molar-refractivity contribution in [1.82, 2.24) is 20.4 Å². The van der Waals surface area contributed by atoms with Crippen LogP contribution in [0.15, 0.2) is 41.3 Å². The smallest absolute Gasteiger partial charge is 0.417 e. The summed E-state index contributed by atoms with van der Waals surface area (Å²) in [4.78, 5) is 13.2. The molecule has 1 aliphatic rings. The lowest BCUT2D eigenvalue weighted by Gasteiger charge is -2.16. The van der Waals surface area contributed by atoms with Crippen molar-refractivity contribution in [3.63, 3.8) is 0 Å². The third kappa shape index (κ3) is 5.22. The van der Waals surface area contributed by atoms with Gasteiger partial charge in [-0.1, -0.05) is 6.07 Å². The maximum Gasteiger partial charge on any atom is 0.435 e. The van der Waals surface area contributed by atoms with Crippen LogP contribution in [-0.2, 0) is 21.5 Å². The monoisotopic (exact) mass is 508 g/mol. The molecule has 1 aromatic carbocycles. The summed E-state index contributed by atoms with van der Waals surface area (Å²) in [6.45, 7) is 1.05. The topological polar surface area (TPSA) is 151 Å². The van der Waals surface area contributed by atoms with Crippen molar-refractivity contribution in [2.24, 2.45) is 0 Å². The number of nitrogens with zero attached hydrogens (tertiary/aromatic N) is 4. The first-order valence-corrected chi connectivity index (χ1v) is 12.1. The first kappa shape index (κ1) is 24.5. The fraction of sp³-hybridized carbons (Fsp3) is 0.286. The fourth-order valence-electron chi connectivity index (χ4n) is 3.21. The molecule has 10 nitrogen and oxygen atoms in total. The predicted octanol–water partition coefficient (Wildman–Crippen LogP) is 3.66. The Bertz CT molecular complexity index is 1410. The zero-order valence-electron chi connectivity index (χ0n) is 18.4. The number of aromatic nitrogens is 4. The molecule has 0 spiro atoms. The van der Waals surface area contributed by atoms with Crippen LogP contribution in [0, 0.1) is 11.7 Å². The second kappa shape index (κ2) is 8.53. The Balaban J connectivity index is 1.70. The molecule has 0 radical (unpaired) electrons. The van der Waals surface area contributed by atoms with Gasteiger partial charge in [-0.05, 0) is 49.6 Å². The summed E-state index contributed by atoms with van der Waals surface area (Å²) in [7, 11) is -3.10. The zero-order chi connectivity index (χ0) is 25.6. The van der Waals surface area contributed by atoms with Gasteiger partial charge in [0, 0.05) is 22.9 Å². The van der Waals surface area contributed by atoms with E-state index in [1.165, 1.54) is 42.7 Å². The summed E-state index contributed by atoms with van der Waals surface area (Å²) in [5.41, 5.74) is -3.08. The third-order valence-electron chi connectivity index (χ3n) is 5.26. The quantitative estimate of drug-likeness (QED) is 0.456. The zero-order valence-corrected chi connectivity index (χ0v) is 19.2. The number of hydrogen-bond donors (Lipinski definition) is 3. The molecule has 1 aliphatic carbocycles. The highest BCUT2D eigenvalue weighted by molar-refractivity contribution is 7.91. The molecule has 184 valence electrons. The Kier molecular flexibility index (Phi) is 5.97. The summed E-state index contributed by atoms with van der Waals surface area (Å²) >= 11 is 0. The van der Waals surface area contributed by atoms with Crippen LogP contribution in [0.2, 0.25) is 0 Å². The highest BCUT2D eigenvalue weighted by atomic mass is 32.2. The number of carbonyl (C=O) groups excluding carboxylic acids is 1. The van der Waals surface area contributed by atoms with Crippen LogP contribution in [0.5, 0.6) is 11.8 Å². The van der Waals surface area contributed by atoms with E-state index in [2.05, 4.69) is 25.7 Å². The van der Waals surface area contributed by atoms with Crippen LogP contribution in [-0.4, -0.2) is 41.9 Å². The highest BCUT2D eigenvalue weighted by Crippen LogP contribution is 2.44. The van der Waals surface area contributed by atoms with E-state index in [0.29, 0.717) is 18.5 Å². The molecule has 14 heteroatoms. The van der Waals surface area contributed by atoms with E-state index in [-0.39, 0.29) is 16.5 Å². The molecule has 35 heavy (non-hydrogen) atoms. The summed E-state index contributed by atoms with van der Waals surface area (Å²) in [6, 6.07) is 8.38. The van der Waals surface area contributed by atoms with Crippen molar-refractivity contribution in [3.8, 4) is 11.8 Å². The molecule has 1 atom stereocenters. The van der Waals surface area contributed by atoms with E-state index in [9.17, 15) is 27.3 Å². The number of ether oxygens (including phenoxy) is 1. The number of amides is 1. The number of halogens is 3. The molecule has 1 amide bonds. The van der Waals surface area contributed by atoms with Crippen molar-refractivity contribution < 1.29 is 32.0 Å². The maximum absolute atomic E-state index is 13.4. The molecule has 1 fully saturated rings. The van der Waals surface area contributed by atoms with Crippen LogP contribution >= 0.6 is 0 Å². The van der Waals surface area contributed by atoms with Gasteiger partial charge in [-0.3, -0.25) is 4.79 Å². The van der Waals surface area contributed by atoms with Crippen LogP contribution in [0.1, 0.15) is 40.2 Å². The third-order valence-corrected chi connectivity index (χ3v) is 6.42. The predicted molar refractivity (Wildman–Crippen MR) is 116 cm³/mol. The summed E-state index contributed by atoms with van der Waals surface area (Å²) in [6.07, 6.45) is -2.63. The molecule has 1 unspecified atom stereocenters. The molecule has 1 saturated carbocycles. The van der Waals surface area contributed by atoms with Crippen LogP contribution in [0.25, 0.3) is 0 Å². The SMILES string of the molecule is Cc1c(C(F)(F)F)nnc(Oc2ccc(C3(O)CC3)nn2)c1C(=O)Nc1cccc(S(C)(=N)=O)c1. The summed E-state index contributed by atoms with van der Waals surface area (Å²) < 4.78 is 65.5. The van der Waals surface area contributed by atoms with Gasteiger partial charge in [0.25, 0.3) is 11.8 Å². The number of hydrogen-bond acceptors (Lipinski definition) is 9.